The lowest BCUT2D eigenvalue weighted by Gasteiger charge is -2.10. The van der Waals surface area contributed by atoms with Crippen LogP contribution in [0.5, 0.6) is 5.75 Å². The second-order valence-corrected chi connectivity index (χ2v) is 5.68. The number of carbonyl (C=O) groups is 2. The van der Waals surface area contributed by atoms with Gasteiger partial charge in [0.25, 0.3) is 5.91 Å². The second kappa shape index (κ2) is 9.15. The highest BCUT2D eigenvalue weighted by atomic mass is 16.5. The van der Waals surface area contributed by atoms with Crippen LogP contribution in [0.4, 0.5) is 5.69 Å². The Hall–Kier alpha value is -2.08. The molecular formula is C17H25N3O3. The Labute approximate surface area is 137 Å². The van der Waals surface area contributed by atoms with Crippen LogP contribution in [-0.4, -0.2) is 38.1 Å². The van der Waals surface area contributed by atoms with Crippen LogP contribution in [-0.2, 0) is 9.59 Å². The summed E-state index contributed by atoms with van der Waals surface area (Å²) >= 11 is 0. The molecule has 1 aromatic carbocycles. The lowest BCUT2D eigenvalue weighted by molar-refractivity contribution is -0.123. The molecule has 0 unspecified atom stereocenters. The van der Waals surface area contributed by atoms with Crippen LogP contribution in [0.3, 0.4) is 0 Å². The fourth-order valence-electron chi connectivity index (χ4n) is 2.05. The first-order chi connectivity index (χ1) is 11.2. The van der Waals surface area contributed by atoms with Crippen molar-refractivity contribution in [3.05, 3.63) is 24.3 Å². The molecule has 0 spiro atoms. The van der Waals surface area contributed by atoms with Crippen molar-refractivity contribution in [1.29, 1.82) is 0 Å². The fraction of sp³-hybridized carbons (Fsp3) is 0.529. The van der Waals surface area contributed by atoms with E-state index in [1.165, 1.54) is 0 Å². The van der Waals surface area contributed by atoms with Crippen LogP contribution in [0.1, 0.15) is 26.2 Å². The third-order valence-corrected chi connectivity index (χ3v) is 3.47. The molecule has 0 aromatic heterocycles. The summed E-state index contributed by atoms with van der Waals surface area (Å²) in [4.78, 5) is 23.4. The van der Waals surface area contributed by atoms with Crippen molar-refractivity contribution in [2.24, 2.45) is 5.92 Å². The molecule has 1 aliphatic rings. The van der Waals surface area contributed by atoms with E-state index in [1.54, 1.807) is 18.2 Å². The number of benzene rings is 1. The summed E-state index contributed by atoms with van der Waals surface area (Å²) in [5.74, 6) is 0.625. The summed E-state index contributed by atoms with van der Waals surface area (Å²) in [5, 5.41) is 8.85. The van der Waals surface area contributed by atoms with E-state index in [2.05, 4.69) is 22.9 Å². The summed E-state index contributed by atoms with van der Waals surface area (Å²) in [7, 11) is 0. The molecule has 0 saturated heterocycles. The maximum Gasteiger partial charge on any atom is 0.257 e. The number of rotatable bonds is 10. The Balaban J connectivity index is 1.68. The van der Waals surface area contributed by atoms with Crippen molar-refractivity contribution in [2.75, 3.05) is 31.6 Å². The topological polar surface area (TPSA) is 79.5 Å². The largest absolute Gasteiger partial charge is 0.484 e. The minimum absolute atomic E-state index is 0.0339. The van der Waals surface area contributed by atoms with Crippen LogP contribution < -0.4 is 20.7 Å². The molecule has 0 atom stereocenters. The van der Waals surface area contributed by atoms with E-state index >= 15 is 0 Å². The average Bonchev–Trinajstić information content (AvgIpc) is 3.38. The second-order valence-electron chi connectivity index (χ2n) is 5.68. The van der Waals surface area contributed by atoms with E-state index in [9.17, 15) is 9.59 Å². The first-order valence-electron chi connectivity index (χ1n) is 8.20. The maximum absolute atomic E-state index is 11.7. The molecule has 0 radical (unpaired) electrons. The van der Waals surface area contributed by atoms with Crippen LogP contribution in [0.15, 0.2) is 24.3 Å². The zero-order valence-electron chi connectivity index (χ0n) is 13.6. The summed E-state index contributed by atoms with van der Waals surface area (Å²) < 4.78 is 5.46. The first kappa shape index (κ1) is 17.3. The monoisotopic (exact) mass is 319 g/mol. The van der Waals surface area contributed by atoms with Gasteiger partial charge in [-0.1, -0.05) is 13.0 Å². The molecule has 0 bridgehead atoms. The molecule has 0 aliphatic heterocycles. The van der Waals surface area contributed by atoms with Gasteiger partial charge in [0.05, 0.1) is 0 Å². The molecule has 1 fully saturated rings. The molecule has 2 rings (SSSR count). The molecule has 1 saturated carbocycles. The highest BCUT2D eigenvalue weighted by molar-refractivity contribution is 5.94. The molecule has 1 aliphatic carbocycles. The summed E-state index contributed by atoms with van der Waals surface area (Å²) in [5.41, 5.74) is 0.698. The van der Waals surface area contributed by atoms with E-state index in [0.717, 1.165) is 32.4 Å². The van der Waals surface area contributed by atoms with E-state index in [1.807, 2.05) is 6.07 Å². The van der Waals surface area contributed by atoms with Gasteiger partial charge < -0.3 is 20.7 Å². The van der Waals surface area contributed by atoms with Crippen LogP contribution in [0.2, 0.25) is 0 Å². The Kier molecular flexibility index (Phi) is 6.87. The molecule has 23 heavy (non-hydrogen) atoms. The third kappa shape index (κ3) is 6.69. The van der Waals surface area contributed by atoms with E-state index in [4.69, 9.17) is 4.74 Å². The maximum atomic E-state index is 11.7. The molecule has 6 nitrogen and oxygen atoms in total. The molecule has 2 amide bonds. The molecule has 3 N–H and O–H groups in total. The van der Waals surface area contributed by atoms with Crippen molar-refractivity contribution in [1.82, 2.24) is 10.6 Å². The van der Waals surface area contributed by atoms with Gasteiger partial charge in [-0.3, -0.25) is 9.59 Å². The number of nitrogens with one attached hydrogen (secondary N) is 3. The number of anilines is 1. The van der Waals surface area contributed by atoms with Gasteiger partial charge in [0, 0.05) is 30.8 Å². The molecule has 0 heterocycles. The van der Waals surface area contributed by atoms with Crippen LogP contribution in [0.25, 0.3) is 0 Å². The van der Waals surface area contributed by atoms with Crippen LogP contribution in [0, 0.1) is 5.92 Å². The Morgan fingerprint density at radius 3 is 2.78 bits per heavy atom. The van der Waals surface area contributed by atoms with E-state index in [-0.39, 0.29) is 24.3 Å². The highest BCUT2D eigenvalue weighted by Crippen LogP contribution is 2.30. The van der Waals surface area contributed by atoms with E-state index in [0.29, 0.717) is 18.0 Å². The van der Waals surface area contributed by atoms with Crippen molar-refractivity contribution in [3.8, 4) is 5.75 Å². The van der Waals surface area contributed by atoms with Crippen molar-refractivity contribution in [3.63, 3.8) is 0 Å². The smallest absolute Gasteiger partial charge is 0.257 e. The van der Waals surface area contributed by atoms with Gasteiger partial charge in [0.15, 0.2) is 6.61 Å². The van der Waals surface area contributed by atoms with Gasteiger partial charge >= 0.3 is 0 Å². The lowest BCUT2D eigenvalue weighted by Crippen LogP contribution is -2.35. The number of ether oxygens (including phenoxy) is 1. The third-order valence-electron chi connectivity index (χ3n) is 3.47. The molecule has 126 valence electrons. The van der Waals surface area contributed by atoms with Gasteiger partial charge in [0.2, 0.25) is 5.91 Å². The Morgan fingerprint density at radius 2 is 2.04 bits per heavy atom. The van der Waals surface area contributed by atoms with Crippen molar-refractivity contribution < 1.29 is 14.3 Å². The number of hydrogen-bond donors (Lipinski definition) is 3. The highest BCUT2D eigenvalue weighted by Gasteiger charge is 2.29. The van der Waals surface area contributed by atoms with E-state index < -0.39 is 0 Å². The Morgan fingerprint density at radius 1 is 1.22 bits per heavy atom. The van der Waals surface area contributed by atoms with Crippen molar-refractivity contribution >= 4 is 17.5 Å². The lowest BCUT2D eigenvalue weighted by atomic mass is 10.3. The van der Waals surface area contributed by atoms with Crippen LogP contribution >= 0.6 is 0 Å². The van der Waals surface area contributed by atoms with Gasteiger partial charge in [-0.25, -0.2) is 0 Å². The Bertz CT molecular complexity index is 530. The number of amides is 2. The molecular weight excluding hydrogens is 294 g/mol. The van der Waals surface area contributed by atoms with Gasteiger partial charge in [-0.2, -0.15) is 0 Å². The average molecular weight is 319 g/mol. The quantitative estimate of drug-likeness (QED) is 0.571. The molecule has 6 heteroatoms. The predicted molar refractivity (Wildman–Crippen MR) is 89.5 cm³/mol. The fourth-order valence-corrected chi connectivity index (χ4v) is 2.05. The minimum Gasteiger partial charge on any atom is -0.484 e. The first-order valence-corrected chi connectivity index (χ1v) is 8.20. The number of carbonyl (C=O) groups excluding carboxylic acids is 2. The van der Waals surface area contributed by atoms with Gasteiger partial charge in [0.1, 0.15) is 5.75 Å². The summed E-state index contributed by atoms with van der Waals surface area (Å²) in [6.07, 6.45) is 3.01. The van der Waals surface area contributed by atoms with Gasteiger partial charge in [-0.05, 0) is 37.9 Å². The summed E-state index contributed by atoms with van der Waals surface area (Å²) in [6, 6.07) is 7.11. The number of hydrogen-bond acceptors (Lipinski definition) is 4. The zero-order chi connectivity index (χ0) is 16.5. The standard InChI is InChI=1S/C17H25N3O3/c1-2-8-18-9-10-19-16(21)12-23-15-5-3-4-14(11-15)20-17(22)13-6-7-13/h3-5,11,13,18H,2,6-10,12H2,1H3,(H,19,21)(H,20,22). The van der Waals surface area contributed by atoms with Gasteiger partial charge in [-0.15, -0.1) is 0 Å². The SMILES string of the molecule is CCCNCCNC(=O)COc1cccc(NC(=O)C2CC2)c1. The molecule has 1 aromatic rings. The predicted octanol–water partition coefficient (Wildman–Crippen LogP) is 1.53. The minimum atomic E-state index is -0.157. The zero-order valence-corrected chi connectivity index (χ0v) is 13.6. The normalized spacial score (nSPS) is 13.4. The van der Waals surface area contributed by atoms with Crippen molar-refractivity contribution in [2.45, 2.75) is 26.2 Å². The summed E-state index contributed by atoms with van der Waals surface area (Å²) in [6.45, 7) is 4.35.